The fourth-order valence-corrected chi connectivity index (χ4v) is 14.6. The maximum atomic E-state index is 14.3. The number of benzene rings is 6. The Labute approximate surface area is 346 Å². The first kappa shape index (κ1) is 36.2. The third kappa shape index (κ3) is 5.19. The van der Waals surface area contributed by atoms with Gasteiger partial charge in [-0.15, -0.1) is 22.7 Å². The molecule has 6 aromatic carbocycles. The van der Waals surface area contributed by atoms with Gasteiger partial charge in [-0.1, -0.05) is 71.8 Å². The van der Waals surface area contributed by atoms with Gasteiger partial charge in [0.15, 0.2) is 0 Å². The molecule has 2 aromatic heterocycles. The molecule has 6 nitrogen and oxygen atoms in total. The van der Waals surface area contributed by atoms with Crippen molar-refractivity contribution in [3.05, 3.63) is 154 Å². The van der Waals surface area contributed by atoms with Gasteiger partial charge in [-0.25, -0.2) is 16.8 Å². The average Bonchev–Trinajstić information content (AvgIpc) is 4.02. The van der Waals surface area contributed by atoms with Crippen LogP contribution in [-0.2, 0) is 46.2 Å². The largest absolute Gasteiger partial charge is 0.243 e. The maximum absolute atomic E-state index is 14.3. The summed E-state index contributed by atoms with van der Waals surface area (Å²) in [6.45, 7) is 9.29. The van der Waals surface area contributed by atoms with E-state index in [1.807, 2.05) is 38.1 Å². The Morgan fingerprint density at radius 3 is 1.21 bits per heavy atom. The molecular weight excluding hydrogens is 797 g/mol. The molecule has 10 heteroatoms. The second-order valence-corrected chi connectivity index (χ2v) is 21.9. The fraction of sp³-hybridized carbons (Fsp3) is 0.167. The average molecular weight is 835 g/mol. The van der Waals surface area contributed by atoms with Crippen molar-refractivity contribution < 1.29 is 16.8 Å². The Hall–Kier alpha value is -4.94. The van der Waals surface area contributed by atoms with Gasteiger partial charge in [0.25, 0.3) is 0 Å². The van der Waals surface area contributed by atoms with Gasteiger partial charge >= 0.3 is 0 Å². The molecule has 8 aromatic rings. The quantitative estimate of drug-likeness (QED) is 0.177. The minimum atomic E-state index is -3.79. The lowest BCUT2D eigenvalue weighted by atomic mass is 9.79. The first-order valence-corrected chi connectivity index (χ1v) is 23.9. The van der Waals surface area contributed by atoms with Gasteiger partial charge in [0, 0.05) is 78.4 Å². The van der Waals surface area contributed by atoms with E-state index in [4.69, 9.17) is 0 Å². The summed E-state index contributed by atoms with van der Waals surface area (Å²) in [5, 5.41) is 2.26. The highest BCUT2D eigenvalue weighted by atomic mass is 32.2. The topological polar surface area (TPSA) is 74.8 Å². The highest BCUT2D eigenvalue weighted by Crippen LogP contribution is 2.60. The Morgan fingerprint density at radius 1 is 0.448 bits per heavy atom. The molecule has 0 atom stereocenters. The molecule has 0 N–H and O–H groups in total. The van der Waals surface area contributed by atoms with E-state index in [1.165, 1.54) is 0 Å². The van der Waals surface area contributed by atoms with E-state index in [1.54, 1.807) is 55.5 Å². The van der Waals surface area contributed by atoms with Crippen LogP contribution in [0.15, 0.2) is 119 Å². The molecule has 11 rings (SSSR count). The van der Waals surface area contributed by atoms with Crippen LogP contribution in [-0.4, -0.2) is 25.4 Å². The van der Waals surface area contributed by atoms with Gasteiger partial charge in [0.2, 0.25) is 20.0 Å². The van der Waals surface area contributed by atoms with Gasteiger partial charge in [0.1, 0.15) is 0 Å². The van der Waals surface area contributed by atoms with Crippen molar-refractivity contribution in [3.8, 4) is 43.1 Å². The first-order chi connectivity index (χ1) is 27.9. The van der Waals surface area contributed by atoms with Gasteiger partial charge in [-0.05, 0) is 121 Å². The summed E-state index contributed by atoms with van der Waals surface area (Å²) in [5.41, 5.74) is 15.0. The molecule has 0 amide bonds. The van der Waals surface area contributed by atoms with Gasteiger partial charge in [0.05, 0.1) is 9.79 Å². The number of hydrogen-bond acceptors (Lipinski definition) is 6. The van der Waals surface area contributed by atoms with Crippen LogP contribution in [0.25, 0.3) is 63.3 Å². The number of hydrogen-bond donors (Lipinski definition) is 0. The summed E-state index contributed by atoms with van der Waals surface area (Å²) in [4.78, 5) is 2.85. The lowest BCUT2D eigenvalue weighted by molar-refractivity contribution is 0.431. The molecule has 1 aliphatic carbocycles. The normalized spacial score (nSPS) is 15.1. The number of nitrogens with zero attached hydrogens (tertiary/aromatic N) is 2. The third-order valence-electron chi connectivity index (χ3n) is 12.4. The van der Waals surface area contributed by atoms with E-state index in [9.17, 15) is 16.8 Å². The van der Waals surface area contributed by atoms with Crippen molar-refractivity contribution in [1.82, 2.24) is 8.61 Å². The van der Waals surface area contributed by atoms with Crippen molar-refractivity contribution in [2.45, 2.75) is 63.7 Å². The minimum absolute atomic E-state index is 0.265. The first-order valence-electron chi connectivity index (χ1n) is 19.4. The molecule has 58 heavy (non-hydrogen) atoms. The summed E-state index contributed by atoms with van der Waals surface area (Å²) >= 11 is 3.53. The van der Waals surface area contributed by atoms with Crippen LogP contribution < -0.4 is 0 Å². The molecule has 0 saturated carbocycles. The van der Waals surface area contributed by atoms with Crippen molar-refractivity contribution in [3.63, 3.8) is 0 Å². The Balaban J connectivity index is 1.20. The maximum Gasteiger partial charge on any atom is 0.243 e. The Kier molecular flexibility index (Phi) is 7.97. The fourth-order valence-electron chi connectivity index (χ4n) is 9.42. The number of thiophene rings is 2. The van der Waals surface area contributed by atoms with E-state index in [-0.39, 0.29) is 13.1 Å². The lowest BCUT2D eigenvalue weighted by Crippen LogP contribution is -2.25. The van der Waals surface area contributed by atoms with Crippen LogP contribution >= 0.6 is 22.7 Å². The Morgan fingerprint density at radius 2 is 0.810 bits per heavy atom. The summed E-state index contributed by atoms with van der Waals surface area (Å²) in [7, 11) is -7.57. The Bertz CT molecular complexity index is 3080. The van der Waals surface area contributed by atoms with E-state index in [2.05, 4.69) is 74.5 Å². The summed E-state index contributed by atoms with van der Waals surface area (Å²) < 4.78 is 62.9. The highest BCUT2D eigenvalue weighted by Gasteiger charge is 2.40. The van der Waals surface area contributed by atoms with Crippen LogP contribution in [0.1, 0.15) is 44.5 Å². The molecular formula is C48H38N2O4S4. The second kappa shape index (κ2) is 12.8. The zero-order valence-corrected chi connectivity index (χ0v) is 35.6. The second-order valence-electron chi connectivity index (χ2n) is 15.9. The van der Waals surface area contributed by atoms with Crippen LogP contribution in [0.2, 0.25) is 0 Å². The predicted octanol–water partition coefficient (Wildman–Crippen LogP) is 11.7. The molecule has 0 radical (unpaired) electrons. The molecule has 2 aliphatic heterocycles. The zero-order valence-electron chi connectivity index (χ0n) is 32.4. The lowest BCUT2D eigenvalue weighted by Gasteiger charge is -2.25. The van der Waals surface area contributed by atoms with Gasteiger partial charge in [-0.3, -0.25) is 0 Å². The number of rotatable bonds is 4. The SMILES string of the molecule is Cc1ccc(S(=O)(=O)N2Cc3c(C)cc4c(c3C2)-c2c(sc3ccccc23)-c2cc(C)c3c(c2-c2c-4sc4ccccc24)CN(S(=O)(=O)c2ccc(C)cc2)C3)cc1. The molecule has 4 heterocycles. The number of fused-ring (bicyclic) bond motifs is 16. The summed E-state index contributed by atoms with van der Waals surface area (Å²) in [5.74, 6) is 0. The zero-order chi connectivity index (χ0) is 39.8. The van der Waals surface area contributed by atoms with Crippen molar-refractivity contribution in [1.29, 1.82) is 0 Å². The smallest absolute Gasteiger partial charge is 0.207 e. The van der Waals surface area contributed by atoms with Gasteiger partial charge in [-0.2, -0.15) is 8.61 Å². The number of sulfonamides is 2. The molecule has 0 unspecified atom stereocenters. The molecule has 0 fully saturated rings. The molecule has 288 valence electrons. The van der Waals surface area contributed by atoms with E-state index >= 15 is 0 Å². The van der Waals surface area contributed by atoms with Crippen LogP contribution in [0.3, 0.4) is 0 Å². The van der Waals surface area contributed by atoms with Crippen LogP contribution in [0, 0.1) is 27.7 Å². The highest BCUT2D eigenvalue weighted by molar-refractivity contribution is 7.89. The van der Waals surface area contributed by atoms with Crippen molar-refractivity contribution in [2.75, 3.05) is 0 Å². The van der Waals surface area contributed by atoms with Crippen molar-refractivity contribution >= 4 is 62.9 Å². The van der Waals surface area contributed by atoms with E-state index in [0.717, 1.165) is 108 Å². The predicted molar refractivity (Wildman–Crippen MR) is 237 cm³/mol. The van der Waals surface area contributed by atoms with Crippen LogP contribution in [0.5, 0.6) is 0 Å². The van der Waals surface area contributed by atoms with Crippen LogP contribution in [0.4, 0.5) is 0 Å². The summed E-state index contributed by atoms with van der Waals surface area (Å²) in [6.07, 6.45) is 0. The third-order valence-corrected chi connectivity index (χ3v) is 18.4. The standard InChI is InChI=1S/C48H38N2O4S4/c1-27-13-17-31(18-14-27)57(51,52)49-23-37-29(3)21-35-43(39(37)25-49)45-33-9-5-7-11-41(33)56-48(45)36-22-30(4)38-24-50(58(53,54)32-19-15-28(2)16-20-32)26-40(38)44(36)46-34-10-6-8-12-42(34)55-47(35)46/h5-22H,23-26H2,1-4H3. The number of aryl methyl sites for hydroxylation is 4. The molecule has 0 bridgehead atoms. The van der Waals surface area contributed by atoms with E-state index < -0.39 is 20.0 Å². The monoisotopic (exact) mass is 834 g/mol. The van der Waals surface area contributed by atoms with E-state index in [0.29, 0.717) is 22.9 Å². The molecule has 3 aliphatic rings. The minimum Gasteiger partial charge on any atom is -0.207 e. The molecule has 0 spiro atoms. The van der Waals surface area contributed by atoms with Gasteiger partial charge < -0.3 is 0 Å². The molecule has 0 saturated heterocycles. The van der Waals surface area contributed by atoms with Crippen molar-refractivity contribution in [2.24, 2.45) is 0 Å². The summed E-state index contributed by atoms with van der Waals surface area (Å²) in [6, 6.07) is 35.9.